The fourth-order valence-electron chi connectivity index (χ4n) is 2.13. The Morgan fingerprint density at radius 2 is 1.72 bits per heavy atom. The van der Waals surface area contributed by atoms with Gasteiger partial charge < -0.3 is 10.0 Å². The van der Waals surface area contributed by atoms with E-state index < -0.39 is 5.97 Å². The van der Waals surface area contributed by atoms with Crippen LogP contribution in [0.25, 0.3) is 0 Å². The third-order valence-electron chi connectivity index (χ3n) is 3.10. The van der Waals surface area contributed by atoms with E-state index >= 15 is 0 Å². The van der Waals surface area contributed by atoms with Gasteiger partial charge in [-0.25, -0.2) is 4.79 Å². The number of aryl methyl sites for hydroxylation is 1. The highest BCUT2D eigenvalue weighted by molar-refractivity contribution is 5.95. The van der Waals surface area contributed by atoms with E-state index in [0.717, 1.165) is 24.3 Å². The molecule has 0 aromatic carbocycles. The predicted octanol–water partition coefficient (Wildman–Crippen LogP) is 2.15. The summed E-state index contributed by atoms with van der Waals surface area (Å²) < 4.78 is 0. The molecule has 1 rings (SSSR count). The SMILES string of the molecule is CCc1nnc(N(CC)CC)c(C(=O)O)c1CC. The lowest BCUT2D eigenvalue weighted by molar-refractivity contribution is 0.0695. The molecular formula is C13H21N3O2. The van der Waals surface area contributed by atoms with Crippen molar-refractivity contribution in [3.8, 4) is 0 Å². The van der Waals surface area contributed by atoms with Crippen LogP contribution >= 0.6 is 0 Å². The summed E-state index contributed by atoms with van der Waals surface area (Å²) in [4.78, 5) is 13.4. The van der Waals surface area contributed by atoms with Gasteiger partial charge in [-0.2, -0.15) is 5.10 Å². The van der Waals surface area contributed by atoms with Crippen LogP contribution in [0, 0.1) is 0 Å². The Morgan fingerprint density at radius 3 is 2.11 bits per heavy atom. The van der Waals surface area contributed by atoms with Gasteiger partial charge in [-0.1, -0.05) is 13.8 Å². The second kappa shape index (κ2) is 6.33. The molecule has 18 heavy (non-hydrogen) atoms. The minimum Gasteiger partial charge on any atom is -0.478 e. The van der Waals surface area contributed by atoms with E-state index in [1.54, 1.807) is 0 Å². The van der Waals surface area contributed by atoms with Crippen LogP contribution in [0.5, 0.6) is 0 Å². The third-order valence-corrected chi connectivity index (χ3v) is 3.10. The van der Waals surface area contributed by atoms with E-state index in [2.05, 4.69) is 10.2 Å². The summed E-state index contributed by atoms with van der Waals surface area (Å²) >= 11 is 0. The predicted molar refractivity (Wildman–Crippen MR) is 71.3 cm³/mol. The summed E-state index contributed by atoms with van der Waals surface area (Å²) in [6.07, 6.45) is 1.36. The van der Waals surface area contributed by atoms with Crippen LogP contribution in [0.4, 0.5) is 5.82 Å². The maximum Gasteiger partial charge on any atom is 0.339 e. The first-order valence-corrected chi connectivity index (χ1v) is 6.47. The summed E-state index contributed by atoms with van der Waals surface area (Å²) in [6, 6.07) is 0. The molecule has 0 bridgehead atoms. The molecule has 1 N–H and O–H groups in total. The van der Waals surface area contributed by atoms with Gasteiger partial charge in [0.2, 0.25) is 0 Å². The van der Waals surface area contributed by atoms with Crippen LogP contribution in [0.3, 0.4) is 0 Å². The highest BCUT2D eigenvalue weighted by Crippen LogP contribution is 2.23. The quantitative estimate of drug-likeness (QED) is 0.839. The molecule has 0 atom stereocenters. The molecule has 5 heteroatoms. The lowest BCUT2D eigenvalue weighted by atomic mass is 10.0. The van der Waals surface area contributed by atoms with E-state index in [4.69, 9.17) is 0 Å². The molecule has 100 valence electrons. The lowest BCUT2D eigenvalue weighted by Crippen LogP contribution is -2.27. The van der Waals surface area contributed by atoms with E-state index in [-0.39, 0.29) is 0 Å². The zero-order chi connectivity index (χ0) is 13.7. The van der Waals surface area contributed by atoms with Crippen LogP contribution in [-0.4, -0.2) is 34.4 Å². The molecule has 1 aromatic rings. The maximum atomic E-state index is 11.5. The van der Waals surface area contributed by atoms with Gasteiger partial charge >= 0.3 is 5.97 Å². The maximum absolute atomic E-state index is 11.5. The molecular weight excluding hydrogens is 230 g/mol. The van der Waals surface area contributed by atoms with E-state index in [0.29, 0.717) is 24.2 Å². The summed E-state index contributed by atoms with van der Waals surface area (Å²) in [7, 11) is 0. The lowest BCUT2D eigenvalue weighted by Gasteiger charge is -2.22. The molecule has 0 aliphatic carbocycles. The van der Waals surface area contributed by atoms with Crippen molar-refractivity contribution >= 4 is 11.8 Å². The number of hydrogen-bond acceptors (Lipinski definition) is 4. The zero-order valence-electron chi connectivity index (χ0n) is 11.5. The van der Waals surface area contributed by atoms with Crippen molar-refractivity contribution < 1.29 is 9.90 Å². The van der Waals surface area contributed by atoms with Gasteiger partial charge in [0.05, 0.1) is 5.69 Å². The van der Waals surface area contributed by atoms with Gasteiger partial charge in [-0.3, -0.25) is 0 Å². The van der Waals surface area contributed by atoms with Crippen LogP contribution in [0.2, 0.25) is 0 Å². The molecule has 0 saturated carbocycles. The Morgan fingerprint density at radius 1 is 1.11 bits per heavy atom. The molecule has 1 heterocycles. The molecule has 0 saturated heterocycles. The zero-order valence-corrected chi connectivity index (χ0v) is 11.5. The third kappa shape index (κ3) is 2.60. The highest BCUT2D eigenvalue weighted by atomic mass is 16.4. The van der Waals surface area contributed by atoms with E-state index in [9.17, 15) is 9.90 Å². The van der Waals surface area contributed by atoms with Gasteiger partial charge in [0.1, 0.15) is 5.56 Å². The molecule has 0 aliphatic heterocycles. The Hall–Kier alpha value is -1.65. The smallest absolute Gasteiger partial charge is 0.339 e. The average Bonchev–Trinajstić information content (AvgIpc) is 2.38. The Bertz CT molecular complexity index is 428. The summed E-state index contributed by atoms with van der Waals surface area (Å²) in [6.45, 7) is 9.33. The normalized spacial score (nSPS) is 10.4. The molecule has 0 spiro atoms. The first-order valence-electron chi connectivity index (χ1n) is 6.47. The second-order valence-corrected chi connectivity index (χ2v) is 4.01. The van der Waals surface area contributed by atoms with Crippen LogP contribution in [-0.2, 0) is 12.8 Å². The first kappa shape index (κ1) is 14.4. The summed E-state index contributed by atoms with van der Waals surface area (Å²) in [5.74, 6) is -0.431. The molecule has 0 fully saturated rings. The average molecular weight is 251 g/mol. The first-order chi connectivity index (χ1) is 8.60. The number of aromatic nitrogens is 2. The number of nitrogens with zero attached hydrogens (tertiary/aromatic N) is 3. The van der Waals surface area contributed by atoms with E-state index in [1.165, 1.54) is 0 Å². The van der Waals surface area contributed by atoms with Crippen molar-refractivity contribution in [3.63, 3.8) is 0 Å². The second-order valence-electron chi connectivity index (χ2n) is 4.01. The van der Waals surface area contributed by atoms with Crippen LogP contribution < -0.4 is 4.90 Å². The van der Waals surface area contributed by atoms with Crippen molar-refractivity contribution in [3.05, 3.63) is 16.8 Å². The van der Waals surface area contributed by atoms with Crippen molar-refractivity contribution in [2.45, 2.75) is 40.5 Å². The molecule has 0 aliphatic rings. The van der Waals surface area contributed by atoms with Crippen LogP contribution in [0.15, 0.2) is 0 Å². The highest BCUT2D eigenvalue weighted by Gasteiger charge is 2.22. The van der Waals surface area contributed by atoms with Crippen molar-refractivity contribution in [2.75, 3.05) is 18.0 Å². The topological polar surface area (TPSA) is 66.3 Å². The molecule has 0 unspecified atom stereocenters. The summed E-state index contributed by atoms with van der Waals surface area (Å²) in [5, 5.41) is 17.7. The number of carboxylic acids is 1. The van der Waals surface area contributed by atoms with Crippen molar-refractivity contribution in [1.29, 1.82) is 0 Å². The van der Waals surface area contributed by atoms with Gasteiger partial charge in [0, 0.05) is 13.1 Å². The Labute approximate surface area is 108 Å². The minimum absolute atomic E-state index is 0.313. The molecule has 5 nitrogen and oxygen atoms in total. The molecule has 0 radical (unpaired) electrons. The number of aromatic carboxylic acids is 1. The standard InChI is InChI=1S/C13H21N3O2/c1-5-9-10(6-2)14-15-12(11(9)13(17)18)16(7-3)8-4/h5-8H2,1-4H3,(H,17,18). The van der Waals surface area contributed by atoms with E-state index in [1.807, 2.05) is 32.6 Å². The van der Waals surface area contributed by atoms with Crippen LogP contribution in [0.1, 0.15) is 49.3 Å². The van der Waals surface area contributed by atoms with Gasteiger partial charge in [0.15, 0.2) is 5.82 Å². The summed E-state index contributed by atoms with van der Waals surface area (Å²) in [5.41, 5.74) is 1.90. The number of anilines is 1. The Balaban J connectivity index is 3.48. The monoisotopic (exact) mass is 251 g/mol. The molecule has 1 aromatic heterocycles. The van der Waals surface area contributed by atoms with Crippen molar-refractivity contribution in [1.82, 2.24) is 10.2 Å². The Kier molecular flexibility index (Phi) is 5.07. The number of hydrogen-bond donors (Lipinski definition) is 1. The number of carboxylic acid groups (broad SMARTS) is 1. The number of carbonyl (C=O) groups is 1. The van der Waals surface area contributed by atoms with Gasteiger partial charge in [0.25, 0.3) is 0 Å². The molecule has 0 amide bonds. The fraction of sp³-hybridized carbons (Fsp3) is 0.615. The van der Waals surface area contributed by atoms with Gasteiger partial charge in [-0.05, 0) is 32.3 Å². The van der Waals surface area contributed by atoms with Crippen molar-refractivity contribution in [2.24, 2.45) is 0 Å². The fourth-order valence-corrected chi connectivity index (χ4v) is 2.13. The number of rotatable bonds is 6. The van der Waals surface area contributed by atoms with Gasteiger partial charge in [-0.15, -0.1) is 5.10 Å². The minimum atomic E-state index is -0.918. The largest absolute Gasteiger partial charge is 0.478 e.